The highest BCUT2D eigenvalue weighted by Crippen LogP contribution is 2.30. The van der Waals surface area contributed by atoms with E-state index in [0.29, 0.717) is 24.5 Å². The lowest BCUT2D eigenvalue weighted by atomic mass is 10.1. The Balaban J connectivity index is 2.46. The van der Waals surface area contributed by atoms with Gasteiger partial charge in [0.2, 0.25) is 21.8 Å². The van der Waals surface area contributed by atoms with E-state index in [4.69, 9.17) is 21.1 Å². The molecule has 0 radical (unpaired) electrons. The quantitative estimate of drug-likeness (QED) is 0.418. The fourth-order valence-corrected chi connectivity index (χ4v) is 4.77. The molecule has 198 valence electrons. The standard InChI is InChI=1S/C25H34ClN3O6S/c1-6-13-27-25(31)22(7-2)28(16-18-9-8-10-20(14-18)34-3)24(30)17-29(36(5,32)33)19-11-12-23(35-4)21(26)15-19/h8-12,14-15,22H,6-7,13,16-17H2,1-5H3,(H,27,31)/t22-/m1/s1. The van der Waals surface area contributed by atoms with Crippen LogP contribution in [0.1, 0.15) is 32.3 Å². The van der Waals surface area contributed by atoms with Gasteiger partial charge in [-0.2, -0.15) is 0 Å². The fourth-order valence-electron chi connectivity index (χ4n) is 3.68. The summed E-state index contributed by atoms with van der Waals surface area (Å²) in [6.45, 7) is 3.79. The molecule has 0 saturated carbocycles. The third-order valence-electron chi connectivity index (χ3n) is 5.52. The van der Waals surface area contributed by atoms with Crippen molar-refractivity contribution in [3.05, 3.63) is 53.1 Å². The molecule has 0 saturated heterocycles. The number of rotatable bonds is 13. The molecule has 9 nitrogen and oxygen atoms in total. The van der Waals surface area contributed by atoms with Crippen LogP contribution in [0.25, 0.3) is 0 Å². The number of ether oxygens (including phenoxy) is 2. The third-order valence-corrected chi connectivity index (χ3v) is 6.96. The number of nitrogens with zero attached hydrogens (tertiary/aromatic N) is 2. The first-order valence-corrected chi connectivity index (χ1v) is 13.8. The van der Waals surface area contributed by atoms with E-state index in [1.807, 2.05) is 13.0 Å². The number of benzene rings is 2. The van der Waals surface area contributed by atoms with Gasteiger partial charge >= 0.3 is 0 Å². The monoisotopic (exact) mass is 539 g/mol. The van der Waals surface area contributed by atoms with Crippen LogP contribution < -0.4 is 19.1 Å². The SMILES string of the molecule is CCCNC(=O)[C@@H](CC)N(Cc1cccc(OC)c1)C(=O)CN(c1ccc(OC)c(Cl)c1)S(C)(=O)=O. The number of hydrogen-bond donors (Lipinski definition) is 1. The van der Waals surface area contributed by atoms with Crippen molar-refractivity contribution in [3.8, 4) is 11.5 Å². The molecule has 0 aromatic heterocycles. The Morgan fingerprint density at radius 2 is 1.81 bits per heavy atom. The molecular weight excluding hydrogens is 506 g/mol. The third kappa shape index (κ3) is 7.76. The zero-order valence-corrected chi connectivity index (χ0v) is 22.9. The summed E-state index contributed by atoms with van der Waals surface area (Å²) < 4.78 is 36.8. The highest BCUT2D eigenvalue weighted by molar-refractivity contribution is 7.92. The van der Waals surface area contributed by atoms with E-state index in [9.17, 15) is 18.0 Å². The van der Waals surface area contributed by atoms with Crippen molar-refractivity contribution < 1.29 is 27.5 Å². The average molecular weight is 540 g/mol. The van der Waals surface area contributed by atoms with Gasteiger partial charge in [-0.15, -0.1) is 0 Å². The highest BCUT2D eigenvalue weighted by atomic mass is 35.5. The lowest BCUT2D eigenvalue weighted by molar-refractivity contribution is -0.140. The summed E-state index contributed by atoms with van der Waals surface area (Å²) in [6.07, 6.45) is 2.10. The Kier molecular flexibility index (Phi) is 10.9. The molecule has 2 aromatic carbocycles. The van der Waals surface area contributed by atoms with Crippen LogP contribution in [0.4, 0.5) is 5.69 Å². The van der Waals surface area contributed by atoms with E-state index in [-0.39, 0.29) is 23.2 Å². The number of carbonyl (C=O) groups is 2. The summed E-state index contributed by atoms with van der Waals surface area (Å²) >= 11 is 6.21. The summed E-state index contributed by atoms with van der Waals surface area (Å²) in [7, 11) is -0.879. The van der Waals surface area contributed by atoms with Crippen LogP contribution in [-0.4, -0.2) is 64.7 Å². The first-order chi connectivity index (χ1) is 17.0. The number of halogens is 1. The van der Waals surface area contributed by atoms with Crippen LogP contribution in [0.5, 0.6) is 11.5 Å². The summed E-state index contributed by atoms with van der Waals surface area (Å²) in [6, 6.07) is 10.8. The number of nitrogens with one attached hydrogen (secondary N) is 1. The molecular formula is C25H34ClN3O6S. The largest absolute Gasteiger partial charge is 0.497 e. The summed E-state index contributed by atoms with van der Waals surface area (Å²) in [5, 5.41) is 3.05. The van der Waals surface area contributed by atoms with Crippen LogP contribution in [-0.2, 0) is 26.2 Å². The van der Waals surface area contributed by atoms with E-state index in [1.165, 1.54) is 30.2 Å². The van der Waals surface area contributed by atoms with Gasteiger partial charge in [0.25, 0.3) is 0 Å². The van der Waals surface area contributed by atoms with Crippen molar-refractivity contribution in [1.82, 2.24) is 10.2 Å². The molecule has 0 spiro atoms. The maximum Gasteiger partial charge on any atom is 0.244 e. The molecule has 0 fully saturated rings. The summed E-state index contributed by atoms with van der Waals surface area (Å²) in [4.78, 5) is 28.0. The topological polar surface area (TPSA) is 105 Å². The minimum Gasteiger partial charge on any atom is -0.497 e. The first-order valence-electron chi connectivity index (χ1n) is 11.6. The predicted molar refractivity (Wildman–Crippen MR) is 141 cm³/mol. The number of hydrogen-bond acceptors (Lipinski definition) is 6. The Morgan fingerprint density at radius 3 is 2.36 bits per heavy atom. The van der Waals surface area contributed by atoms with E-state index in [0.717, 1.165) is 22.5 Å². The lowest BCUT2D eigenvalue weighted by Crippen LogP contribution is -2.52. The minimum atomic E-state index is -3.87. The lowest BCUT2D eigenvalue weighted by Gasteiger charge is -2.33. The van der Waals surface area contributed by atoms with E-state index in [1.54, 1.807) is 32.2 Å². The highest BCUT2D eigenvalue weighted by Gasteiger charge is 2.31. The molecule has 0 aliphatic heterocycles. The van der Waals surface area contributed by atoms with Gasteiger partial charge in [-0.3, -0.25) is 13.9 Å². The molecule has 2 aromatic rings. The first kappa shape index (κ1) is 29.3. The summed E-state index contributed by atoms with van der Waals surface area (Å²) in [5.74, 6) is 0.148. The second-order valence-electron chi connectivity index (χ2n) is 8.18. The van der Waals surface area contributed by atoms with Gasteiger partial charge in [0, 0.05) is 13.1 Å². The smallest absolute Gasteiger partial charge is 0.244 e. The predicted octanol–water partition coefficient (Wildman–Crippen LogP) is 3.46. The van der Waals surface area contributed by atoms with Crippen LogP contribution >= 0.6 is 11.6 Å². The van der Waals surface area contributed by atoms with E-state index in [2.05, 4.69) is 5.32 Å². The van der Waals surface area contributed by atoms with Crippen LogP contribution in [0, 0.1) is 0 Å². The Hall–Kier alpha value is -2.98. The van der Waals surface area contributed by atoms with E-state index >= 15 is 0 Å². The molecule has 0 unspecified atom stereocenters. The van der Waals surface area contributed by atoms with Crippen molar-refractivity contribution >= 4 is 39.1 Å². The van der Waals surface area contributed by atoms with Gasteiger partial charge in [0.1, 0.15) is 24.1 Å². The van der Waals surface area contributed by atoms with Crippen molar-refractivity contribution in [2.45, 2.75) is 39.3 Å². The van der Waals surface area contributed by atoms with Gasteiger partial charge < -0.3 is 19.7 Å². The molecule has 0 heterocycles. The van der Waals surface area contributed by atoms with Crippen molar-refractivity contribution in [2.24, 2.45) is 0 Å². The normalized spacial score (nSPS) is 11.9. The zero-order valence-electron chi connectivity index (χ0n) is 21.3. The Morgan fingerprint density at radius 1 is 1.08 bits per heavy atom. The van der Waals surface area contributed by atoms with Gasteiger partial charge in [0.15, 0.2) is 0 Å². The van der Waals surface area contributed by atoms with Gasteiger partial charge in [-0.1, -0.05) is 37.6 Å². The Bertz CT molecular complexity index is 1160. The maximum absolute atomic E-state index is 13.7. The maximum atomic E-state index is 13.7. The fraction of sp³-hybridized carbons (Fsp3) is 0.440. The zero-order chi connectivity index (χ0) is 26.9. The molecule has 2 rings (SSSR count). The minimum absolute atomic E-state index is 0.0923. The van der Waals surface area contributed by atoms with E-state index < -0.39 is 28.5 Å². The molecule has 1 atom stereocenters. The number of sulfonamides is 1. The number of carbonyl (C=O) groups excluding carboxylic acids is 2. The molecule has 2 amide bonds. The Labute approximate surface area is 218 Å². The molecule has 36 heavy (non-hydrogen) atoms. The number of anilines is 1. The molecule has 0 aliphatic carbocycles. The molecule has 11 heteroatoms. The van der Waals surface area contributed by atoms with Crippen LogP contribution in [0.2, 0.25) is 5.02 Å². The second kappa shape index (κ2) is 13.4. The number of methoxy groups -OCH3 is 2. The van der Waals surface area contributed by atoms with Crippen LogP contribution in [0.15, 0.2) is 42.5 Å². The van der Waals surface area contributed by atoms with Gasteiger partial charge in [0.05, 0.1) is 31.2 Å². The van der Waals surface area contributed by atoms with Gasteiger partial charge in [-0.25, -0.2) is 8.42 Å². The molecule has 1 N–H and O–H groups in total. The van der Waals surface area contributed by atoms with Gasteiger partial charge in [-0.05, 0) is 48.7 Å². The van der Waals surface area contributed by atoms with Crippen LogP contribution in [0.3, 0.4) is 0 Å². The molecule has 0 aliphatic rings. The second-order valence-corrected chi connectivity index (χ2v) is 10.5. The average Bonchev–Trinajstić information content (AvgIpc) is 2.85. The molecule has 0 bridgehead atoms. The van der Waals surface area contributed by atoms with Crippen molar-refractivity contribution in [3.63, 3.8) is 0 Å². The van der Waals surface area contributed by atoms with Crippen molar-refractivity contribution in [1.29, 1.82) is 0 Å². The summed E-state index contributed by atoms with van der Waals surface area (Å²) in [5.41, 5.74) is 0.948. The number of amides is 2. The van der Waals surface area contributed by atoms with Crippen molar-refractivity contribution in [2.75, 3.05) is 37.9 Å².